The minimum Gasteiger partial charge on any atom is -0.201 e. The van der Waals surface area contributed by atoms with Crippen molar-refractivity contribution in [1.82, 2.24) is 0 Å². The summed E-state index contributed by atoms with van der Waals surface area (Å²) in [4.78, 5) is 0. The Kier molecular flexibility index (Phi) is 18.9. The van der Waals surface area contributed by atoms with Crippen LogP contribution in [0.2, 0.25) is 0 Å². The minimum absolute atomic E-state index is 0.352. The molecule has 0 spiro atoms. The van der Waals surface area contributed by atoms with E-state index >= 15 is 0 Å². The lowest BCUT2D eigenvalue weighted by Crippen LogP contribution is -2.32. The summed E-state index contributed by atoms with van der Waals surface area (Å²) in [5.74, 6) is 3.35. The number of nitrogens with zero attached hydrogens (tertiary/aromatic N) is 4. The SMILES string of the molecule is [2H]C([2H])([2H])c1c[n+](C)c(-c2ccccc2C)cc1-c1ccc2cc(C3([2H])CC4CC(C4)C3)ccc2c1.[2H]C([2H])([2H])c1c[n+](C)c(-c2ccccc2C)cc1-c1ccc2cc(C3([2H])CC4CCC3C4)ccc2c1.[2H]C([2H])([2H])c1c[n+](C)c(-c2ccccc2C)cc1-c1ccc2cc(C3([2H])CC4CCC3CC4)ccc2c1.[2H]C([2H])([2H])c1c[n+](C)c(-c2ccccc2C)cc1-c1ccc2cc(C3([2H])CC4CCCC4C3)ccc2c1. The number of fused-ring (bicyclic) bond motifs is 12. The molecule has 4 nitrogen and oxygen atoms in total. The van der Waals surface area contributed by atoms with Crippen LogP contribution in [-0.4, -0.2) is 0 Å². The van der Waals surface area contributed by atoms with E-state index in [0.29, 0.717) is 45.9 Å². The van der Waals surface area contributed by atoms with Gasteiger partial charge in [0, 0.05) is 90.7 Å². The smallest absolute Gasteiger partial charge is 0.201 e. The summed E-state index contributed by atoms with van der Waals surface area (Å²) in [5.41, 5.74) is 25.4. The fourth-order valence-corrected chi connectivity index (χ4v) is 24.3. The molecule has 0 amide bonds. The summed E-state index contributed by atoms with van der Waals surface area (Å²) in [5, 5.41) is 8.75. The molecule has 0 aliphatic heterocycles. The number of hydrogen-bond acceptors (Lipinski definition) is 0. The second kappa shape index (κ2) is 35.9. The number of rotatable bonds is 12. The van der Waals surface area contributed by atoms with E-state index in [4.69, 9.17) is 17.8 Å². The maximum absolute atomic E-state index is 9.38. The van der Waals surface area contributed by atoms with E-state index in [0.717, 1.165) is 239 Å². The topological polar surface area (TPSA) is 15.5 Å². The van der Waals surface area contributed by atoms with Gasteiger partial charge in [0.15, 0.2) is 24.8 Å². The van der Waals surface area contributed by atoms with Gasteiger partial charge in [-0.15, -0.1) is 0 Å². The first-order valence-corrected chi connectivity index (χ1v) is 48.1. The van der Waals surface area contributed by atoms with Crippen LogP contribution in [0.4, 0.5) is 0 Å². The fourth-order valence-electron chi connectivity index (χ4n) is 24.3. The molecule has 10 aliphatic rings. The largest absolute Gasteiger partial charge is 0.213 e. The van der Waals surface area contributed by atoms with Crippen molar-refractivity contribution in [3.8, 4) is 89.5 Å². The average molecular weight is 1720 g/mol. The normalized spacial score (nSPS) is 26.5. The first-order valence-electron chi connectivity index (χ1n) is 56.1. The van der Waals surface area contributed by atoms with Gasteiger partial charge in [0.25, 0.3) is 0 Å². The molecule has 4 heteroatoms. The molecule has 10 fully saturated rings. The first kappa shape index (κ1) is 68.4. The highest BCUT2D eigenvalue weighted by atomic mass is 14.9. The van der Waals surface area contributed by atoms with Gasteiger partial charge in [-0.2, -0.15) is 0 Å². The van der Waals surface area contributed by atoms with E-state index in [1.54, 1.807) is 24.8 Å². The number of aromatic nitrogens is 4. The lowest BCUT2D eigenvalue weighted by molar-refractivity contribution is -0.660. The second-order valence-corrected chi connectivity index (χ2v) is 40.0. The molecule has 10 aliphatic carbocycles. The molecule has 4 aromatic heterocycles. The van der Waals surface area contributed by atoms with Gasteiger partial charge in [-0.1, -0.05) is 233 Å². The van der Waals surface area contributed by atoms with Crippen LogP contribution in [0, 0.1) is 102 Å². The highest BCUT2D eigenvalue weighted by Crippen LogP contribution is 2.56. The molecule has 4 heterocycles. The summed E-state index contributed by atoms with van der Waals surface area (Å²) in [7, 11) is 7.65. The van der Waals surface area contributed by atoms with Gasteiger partial charge in [-0.3, -0.25) is 0 Å². The minimum atomic E-state index is -2.23. The third-order valence-electron chi connectivity index (χ3n) is 31.6. The van der Waals surface area contributed by atoms with Gasteiger partial charge < -0.3 is 0 Å². The molecule has 0 radical (unpaired) electrons. The Balaban J connectivity index is 0.000000114. The van der Waals surface area contributed by atoms with Gasteiger partial charge in [-0.05, 0) is 384 Å². The van der Waals surface area contributed by atoms with Crippen molar-refractivity contribution >= 4 is 43.1 Å². The van der Waals surface area contributed by atoms with E-state index < -0.39 is 51.0 Å². The van der Waals surface area contributed by atoms with E-state index in [2.05, 4.69) is 198 Å². The molecule has 16 aromatic rings. The second-order valence-electron chi connectivity index (χ2n) is 40.0. The van der Waals surface area contributed by atoms with Gasteiger partial charge >= 0.3 is 0 Å². The van der Waals surface area contributed by atoms with Crippen LogP contribution in [0.25, 0.3) is 133 Å². The molecule has 652 valence electrons. The maximum Gasteiger partial charge on any atom is 0.213 e. The molecule has 6 atom stereocenters. The third kappa shape index (κ3) is 17.0. The van der Waals surface area contributed by atoms with Crippen molar-refractivity contribution in [2.75, 3.05) is 0 Å². The predicted molar refractivity (Wildman–Crippen MR) is 544 cm³/mol. The Labute approximate surface area is 796 Å². The zero-order valence-electron chi connectivity index (χ0n) is 92.8. The maximum atomic E-state index is 9.38. The van der Waals surface area contributed by atoms with Crippen LogP contribution in [0.5, 0.6) is 0 Å². The summed E-state index contributed by atoms with van der Waals surface area (Å²) in [6, 6.07) is 91.6. The van der Waals surface area contributed by atoms with Crippen LogP contribution in [0.3, 0.4) is 0 Å². The van der Waals surface area contributed by atoms with Crippen molar-refractivity contribution in [3.63, 3.8) is 0 Å². The van der Waals surface area contributed by atoms with Gasteiger partial charge in [0.2, 0.25) is 22.8 Å². The van der Waals surface area contributed by atoms with Crippen molar-refractivity contribution in [2.24, 2.45) is 75.5 Å². The zero-order chi connectivity index (χ0) is 102. The Morgan fingerprint density at radius 1 is 0.231 bits per heavy atom. The van der Waals surface area contributed by atoms with Gasteiger partial charge in [0.1, 0.15) is 28.2 Å². The number of pyridine rings is 4. The zero-order valence-corrected chi connectivity index (χ0v) is 76.8. The highest BCUT2D eigenvalue weighted by Gasteiger charge is 2.42. The Hall–Kier alpha value is -11.7. The van der Waals surface area contributed by atoms with E-state index in [-0.39, 0.29) is 0 Å². The lowest BCUT2D eigenvalue weighted by atomic mass is 9.60. The molecule has 6 bridgehead atoms. The van der Waals surface area contributed by atoms with Crippen molar-refractivity contribution < 1.29 is 40.2 Å². The highest BCUT2D eigenvalue weighted by molar-refractivity contribution is 5.93. The summed E-state index contributed by atoms with van der Waals surface area (Å²) >= 11 is 0. The molecular formula is C126H132N4+4. The third-order valence-corrected chi connectivity index (χ3v) is 31.6. The molecule has 12 aromatic carbocycles. The van der Waals surface area contributed by atoms with Crippen LogP contribution in [0.15, 0.2) is 292 Å². The summed E-state index contributed by atoms with van der Waals surface area (Å²) < 4.78 is 143. The first-order chi connectivity index (χ1) is 69.5. The van der Waals surface area contributed by atoms with Gasteiger partial charge in [0.05, 0.1) is 0 Å². The van der Waals surface area contributed by atoms with Crippen LogP contribution >= 0.6 is 0 Å². The van der Waals surface area contributed by atoms with Crippen LogP contribution in [0.1, 0.15) is 228 Å². The molecule has 10 saturated carbocycles. The summed E-state index contributed by atoms with van der Waals surface area (Å²) in [6.07, 6.45) is 28.0. The Morgan fingerprint density at radius 2 is 0.523 bits per heavy atom. The number of aryl methyl sites for hydroxylation is 12. The van der Waals surface area contributed by atoms with E-state index in [9.17, 15) is 4.11 Å². The van der Waals surface area contributed by atoms with E-state index in [1.807, 2.05) is 144 Å². The lowest BCUT2D eigenvalue weighted by Gasteiger charge is -2.45. The fraction of sp³-hybridized carbons (Fsp3) is 0.333. The standard InChI is InChI=1S/2C32H34N.2C31H32N/c1-21-7-4-5-10-30(21)32-19-31(22(2)20-33(32)3)28-14-13-25-15-27(12-11-26(25)16-28)29-17-23-8-6-9-24(23)18-29;1-21-6-4-5-7-29(21)32-19-30(22(2)20-33(32)3)27-14-12-26-18-28(15-13-25(26)17-27)31-16-23-8-10-24(31)11-9-23;1-20-6-4-5-7-28(20)31-18-29(21(2)19-32(31)3)26-12-10-24-17-27(13-11-23(24)16-26)30-15-22-8-9-25(30)14-22;1-20-6-4-5-7-29(20)31-18-30(21(2)19-32(31)3)27-11-10-24-16-26(9-8-25(24)17-27)28-14-22-12-23(13-22)15-28/h4-5,7,10-16,19-20,23-24,29H,6,8-9,17-18H2,1-3H3;4-7,12-15,17-20,23-24,31H,8-11,16H2,1-3H3;4-7,10-13,16-19,22,25,30H,8-9,14-15H2,1-3H3;4-11,16-19,22-23,28H,12-15H2,1-3H3/q4*+1/i2D3,29D;2D3,31D;2D3,30D;2D3,28D. The Morgan fingerprint density at radius 3 is 0.838 bits per heavy atom. The van der Waals surface area contributed by atoms with Crippen molar-refractivity contribution in [2.45, 2.75) is 194 Å². The van der Waals surface area contributed by atoms with E-state index in [1.165, 1.54) is 77.0 Å². The molecule has 6 unspecified atom stereocenters. The molecule has 26 rings (SSSR count). The monoisotopic (exact) mass is 1720 g/mol. The molecular weight excluding hydrogens is 1570 g/mol. The summed E-state index contributed by atoms with van der Waals surface area (Å²) in [6.45, 7) is -0.591. The predicted octanol–water partition coefficient (Wildman–Crippen LogP) is 30.9. The van der Waals surface area contributed by atoms with Crippen LogP contribution < -0.4 is 18.3 Å². The number of hydrogen-bond donors (Lipinski definition) is 0. The quantitative estimate of drug-likeness (QED) is 0.108. The molecule has 0 N–H and O–H groups in total. The van der Waals surface area contributed by atoms with Crippen LogP contribution in [-0.2, 0) is 28.2 Å². The number of benzene rings is 12. The molecule has 0 saturated heterocycles. The average Bonchev–Trinajstić information content (AvgIpc) is 1.35. The van der Waals surface area contributed by atoms with Gasteiger partial charge in [-0.25, -0.2) is 18.3 Å². The van der Waals surface area contributed by atoms with Crippen molar-refractivity contribution in [3.05, 3.63) is 358 Å². The Bertz CT molecular complexity index is 7760. The van der Waals surface area contributed by atoms with Crippen molar-refractivity contribution in [1.29, 1.82) is 0 Å². The molecule has 130 heavy (non-hydrogen) atoms.